The van der Waals surface area contributed by atoms with E-state index in [1.54, 1.807) is 32.0 Å². The normalized spacial score (nSPS) is 12.1. The van der Waals surface area contributed by atoms with Crippen LogP contribution in [0, 0.1) is 27.7 Å². The van der Waals surface area contributed by atoms with E-state index >= 15 is 0 Å². The van der Waals surface area contributed by atoms with Gasteiger partial charge in [-0.1, -0.05) is 12.1 Å². The van der Waals surface area contributed by atoms with Crippen LogP contribution in [-0.2, 0) is 20.2 Å². The van der Waals surface area contributed by atoms with Crippen molar-refractivity contribution in [2.24, 2.45) is 10.2 Å². The minimum absolute atomic E-state index is 0.0649. The van der Waals surface area contributed by atoms with Gasteiger partial charge in [0.1, 0.15) is 9.79 Å². The molecule has 4 aromatic carbocycles. The van der Waals surface area contributed by atoms with E-state index < -0.39 is 35.7 Å². The molecule has 0 aliphatic rings. The fourth-order valence-corrected chi connectivity index (χ4v) is 6.10. The predicted octanol–water partition coefficient (Wildman–Crippen LogP) is 5.53. The average molecular weight is 665 g/mol. The highest BCUT2D eigenvalue weighted by Crippen LogP contribution is 2.35. The first-order valence-corrected chi connectivity index (χ1v) is 16.3. The number of rotatable bonds is 8. The van der Waals surface area contributed by atoms with Crippen molar-refractivity contribution in [2.45, 2.75) is 37.5 Å². The Morgan fingerprint density at radius 1 is 0.739 bits per heavy atom. The van der Waals surface area contributed by atoms with Gasteiger partial charge < -0.3 is 16.4 Å². The standard InChI is InChI=1S/C29H28N8O7S2/c1-14-9-22(15(2)8-21(14)30)31-27-33-28(35-29(38)34-27)32-23-10-17(4)24(11-16(23)3)37-36-18-12-20-19(26(13-18)46(42,43)44)6-5-7-25(20)45(39,40)41/h5-13H,30H2,1-4H3,(H,39,40,41)(H,42,43,44)(H3,31,32,33,34,35,38). The largest absolute Gasteiger partial charge is 0.399 e. The number of azo groups is 1. The van der Waals surface area contributed by atoms with E-state index in [-0.39, 0.29) is 28.4 Å². The van der Waals surface area contributed by atoms with Gasteiger partial charge in [0, 0.05) is 27.8 Å². The zero-order chi connectivity index (χ0) is 33.6. The Kier molecular flexibility index (Phi) is 8.35. The Balaban J connectivity index is 1.46. The highest BCUT2D eigenvalue weighted by molar-refractivity contribution is 7.86. The highest BCUT2D eigenvalue weighted by atomic mass is 32.2. The molecule has 15 nitrogen and oxygen atoms in total. The lowest BCUT2D eigenvalue weighted by Gasteiger charge is -2.13. The SMILES string of the molecule is Cc1cc(Nc2nc(Nc3cc(C)c(N=Nc4cc(S(=O)(=O)O)c5cccc(S(=O)(=O)O)c5c4)cc3C)[nH]c(=O)n2)c(C)cc1N. The van der Waals surface area contributed by atoms with E-state index in [1.165, 1.54) is 18.2 Å². The molecule has 0 fully saturated rings. The Morgan fingerprint density at radius 2 is 1.39 bits per heavy atom. The van der Waals surface area contributed by atoms with Gasteiger partial charge in [0.05, 0.1) is 11.4 Å². The van der Waals surface area contributed by atoms with E-state index in [2.05, 4.69) is 35.8 Å². The van der Waals surface area contributed by atoms with Crippen molar-refractivity contribution in [1.29, 1.82) is 0 Å². The molecule has 7 N–H and O–H groups in total. The van der Waals surface area contributed by atoms with Crippen LogP contribution in [-0.4, -0.2) is 40.9 Å². The number of nitrogens with one attached hydrogen (secondary N) is 3. The number of hydrogen-bond acceptors (Lipinski definition) is 12. The summed E-state index contributed by atoms with van der Waals surface area (Å²) in [5, 5.41) is 14.1. The van der Waals surface area contributed by atoms with E-state index in [4.69, 9.17) is 5.73 Å². The lowest BCUT2D eigenvalue weighted by molar-refractivity contribution is 0.481. The van der Waals surface area contributed by atoms with Crippen LogP contribution < -0.4 is 22.1 Å². The monoisotopic (exact) mass is 664 g/mol. The predicted molar refractivity (Wildman–Crippen MR) is 173 cm³/mol. The van der Waals surface area contributed by atoms with Crippen LogP contribution in [0.25, 0.3) is 10.8 Å². The van der Waals surface area contributed by atoms with Crippen LogP contribution >= 0.6 is 0 Å². The van der Waals surface area contributed by atoms with Crippen molar-refractivity contribution < 1.29 is 25.9 Å². The van der Waals surface area contributed by atoms with Crippen molar-refractivity contribution in [2.75, 3.05) is 16.4 Å². The van der Waals surface area contributed by atoms with Gasteiger partial charge in [-0.2, -0.15) is 37.0 Å². The van der Waals surface area contributed by atoms with Gasteiger partial charge in [-0.15, -0.1) is 0 Å². The van der Waals surface area contributed by atoms with Crippen LogP contribution in [0.15, 0.2) is 79.4 Å². The van der Waals surface area contributed by atoms with Crippen molar-refractivity contribution in [3.63, 3.8) is 0 Å². The van der Waals surface area contributed by atoms with Gasteiger partial charge in [0.2, 0.25) is 11.9 Å². The summed E-state index contributed by atoms with van der Waals surface area (Å²) < 4.78 is 67.6. The molecule has 17 heteroatoms. The van der Waals surface area contributed by atoms with Crippen LogP contribution in [0.5, 0.6) is 0 Å². The van der Waals surface area contributed by atoms with Gasteiger partial charge in [0.25, 0.3) is 20.2 Å². The molecular formula is C29H28N8O7S2. The van der Waals surface area contributed by atoms with E-state index in [1.807, 2.05) is 19.9 Å². The van der Waals surface area contributed by atoms with Crippen LogP contribution in [0.1, 0.15) is 22.3 Å². The van der Waals surface area contributed by atoms with Crippen LogP contribution in [0.4, 0.5) is 40.3 Å². The molecule has 0 amide bonds. The van der Waals surface area contributed by atoms with Crippen molar-refractivity contribution in [3.05, 3.63) is 87.3 Å². The number of nitrogens with zero attached hydrogens (tertiary/aromatic N) is 4. The molecule has 5 aromatic rings. The van der Waals surface area contributed by atoms with Gasteiger partial charge in [-0.05, 0) is 92.4 Å². The van der Waals surface area contributed by atoms with E-state index in [9.17, 15) is 30.7 Å². The number of nitrogens with two attached hydrogens (primary N) is 1. The third-order valence-electron chi connectivity index (χ3n) is 7.04. The number of aryl methyl sites for hydroxylation is 4. The number of nitrogen functional groups attached to an aromatic ring is 1. The fourth-order valence-electron chi connectivity index (χ4n) is 4.68. The Morgan fingerprint density at radius 3 is 2.09 bits per heavy atom. The second kappa shape index (κ2) is 11.9. The lowest BCUT2D eigenvalue weighted by Crippen LogP contribution is -2.17. The number of fused-ring (bicyclic) bond motifs is 1. The summed E-state index contributed by atoms with van der Waals surface area (Å²) in [7, 11) is -9.55. The lowest BCUT2D eigenvalue weighted by atomic mass is 10.1. The molecule has 1 heterocycles. The Labute approximate surface area is 263 Å². The molecule has 46 heavy (non-hydrogen) atoms. The first-order valence-electron chi connectivity index (χ1n) is 13.4. The van der Waals surface area contributed by atoms with Crippen molar-refractivity contribution in [1.82, 2.24) is 15.0 Å². The quantitative estimate of drug-likeness (QED) is 0.0681. The van der Waals surface area contributed by atoms with E-state index in [0.717, 1.165) is 23.3 Å². The fraction of sp³-hybridized carbons (Fsp3) is 0.138. The van der Waals surface area contributed by atoms with Gasteiger partial charge in [-0.25, -0.2) is 4.79 Å². The molecule has 0 saturated carbocycles. The van der Waals surface area contributed by atoms with Gasteiger partial charge in [0.15, 0.2) is 0 Å². The topological polar surface area (TPSA) is 242 Å². The molecule has 0 atom stereocenters. The minimum atomic E-state index is -4.81. The summed E-state index contributed by atoms with van der Waals surface area (Å²) in [6.45, 7) is 7.23. The molecule has 1 aromatic heterocycles. The van der Waals surface area contributed by atoms with Crippen LogP contribution in [0.2, 0.25) is 0 Å². The van der Waals surface area contributed by atoms with Gasteiger partial charge >= 0.3 is 5.69 Å². The summed E-state index contributed by atoms with van der Waals surface area (Å²) in [5.41, 5.74) is 10.5. The smallest absolute Gasteiger partial charge is 0.351 e. The molecule has 0 aliphatic heterocycles. The second-order valence-corrected chi connectivity index (χ2v) is 13.3. The Bertz CT molecular complexity index is 2360. The number of aromatic nitrogens is 3. The maximum Gasteiger partial charge on any atom is 0.351 e. The number of H-pyrrole nitrogens is 1. The maximum absolute atomic E-state index is 12.3. The van der Waals surface area contributed by atoms with Gasteiger partial charge in [-0.3, -0.25) is 14.1 Å². The summed E-state index contributed by atoms with van der Waals surface area (Å²) in [6, 6.07) is 12.9. The molecule has 0 bridgehead atoms. The minimum Gasteiger partial charge on any atom is -0.399 e. The molecule has 0 aliphatic carbocycles. The second-order valence-electron chi connectivity index (χ2n) is 10.5. The molecule has 0 saturated heterocycles. The molecule has 5 rings (SSSR count). The summed E-state index contributed by atoms with van der Waals surface area (Å²) in [5.74, 6) is 0.183. The molecule has 0 unspecified atom stereocenters. The van der Waals surface area contributed by atoms with Crippen molar-refractivity contribution in [3.8, 4) is 0 Å². The number of hydrogen-bond donors (Lipinski definition) is 6. The van der Waals surface area contributed by atoms with Crippen LogP contribution in [0.3, 0.4) is 0 Å². The van der Waals surface area contributed by atoms with Crippen molar-refractivity contribution >= 4 is 71.3 Å². The average Bonchev–Trinajstić information content (AvgIpc) is 2.95. The summed E-state index contributed by atoms with van der Waals surface area (Å²) in [4.78, 5) is 22.0. The molecule has 238 valence electrons. The zero-order valence-electron chi connectivity index (χ0n) is 24.8. The number of anilines is 5. The number of aromatic amines is 1. The maximum atomic E-state index is 12.3. The first kappa shape index (κ1) is 32.2. The molecule has 0 spiro atoms. The highest BCUT2D eigenvalue weighted by Gasteiger charge is 2.21. The first-order chi connectivity index (χ1) is 21.5. The molecular weight excluding hydrogens is 637 g/mol. The zero-order valence-corrected chi connectivity index (χ0v) is 26.4. The number of benzene rings is 4. The van der Waals surface area contributed by atoms with E-state index in [0.29, 0.717) is 33.9 Å². The molecule has 0 radical (unpaired) electrons. The summed E-state index contributed by atoms with van der Waals surface area (Å²) in [6.07, 6.45) is 0. The third-order valence-corrected chi connectivity index (χ3v) is 8.84. The summed E-state index contributed by atoms with van der Waals surface area (Å²) >= 11 is 0. The third kappa shape index (κ3) is 6.86. The Hall–Kier alpha value is -5.23.